The van der Waals surface area contributed by atoms with E-state index in [0.717, 1.165) is 24.6 Å². The van der Waals surface area contributed by atoms with Crippen molar-refractivity contribution in [2.45, 2.75) is 59.4 Å². The van der Waals surface area contributed by atoms with Gasteiger partial charge in [-0.1, -0.05) is 32.8 Å². The Bertz CT molecular complexity index is 433. The van der Waals surface area contributed by atoms with Gasteiger partial charge in [-0.15, -0.1) is 0 Å². The van der Waals surface area contributed by atoms with E-state index in [-0.39, 0.29) is 5.82 Å². The van der Waals surface area contributed by atoms with Crippen LogP contribution in [0.25, 0.3) is 0 Å². The zero-order valence-corrected chi connectivity index (χ0v) is 13.1. The lowest BCUT2D eigenvalue weighted by atomic mass is 9.78. The Balaban J connectivity index is 1.91. The molecule has 0 aliphatic heterocycles. The molecule has 0 bridgehead atoms. The molecule has 1 saturated carbocycles. The first-order chi connectivity index (χ1) is 9.51. The van der Waals surface area contributed by atoms with E-state index in [9.17, 15) is 4.39 Å². The Morgan fingerprint density at radius 1 is 1.25 bits per heavy atom. The molecule has 1 nitrogen and oxygen atoms in total. The van der Waals surface area contributed by atoms with Crippen molar-refractivity contribution in [2.75, 3.05) is 6.54 Å². The van der Waals surface area contributed by atoms with Gasteiger partial charge in [0.25, 0.3) is 0 Å². The van der Waals surface area contributed by atoms with Crippen LogP contribution >= 0.6 is 0 Å². The van der Waals surface area contributed by atoms with Crippen LogP contribution in [0.4, 0.5) is 4.39 Å². The first-order valence-electron chi connectivity index (χ1n) is 7.96. The van der Waals surface area contributed by atoms with Gasteiger partial charge in [-0.25, -0.2) is 4.39 Å². The van der Waals surface area contributed by atoms with Crippen LogP contribution in [0.1, 0.15) is 57.1 Å². The zero-order chi connectivity index (χ0) is 14.6. The second-order valence-corrected chi connectivity index (χ2v) is 6.98. The maximum absolute atomic E-state index is 13.3. The van der Waals surface area contributed by atoms with Crippen molar-refractivity contribution in [3.05, 3.63) is 35.1 Å². The van der Waals surface area contributed by atoms with Gasteiger partial charge in [0.05, 0.1) is 0 Å². The quantitative estimate of drug-likeness (QED) is 0.785. The van der Waals surface area contributed by atoms with Gasteiger partial charge >= 0.3 is 0 Å². The predicted octanol–water partition coefficient (Wildman–Crippen LogP) is 4.83. The molecule has 0 amide bonds. The lowest BCUT2D eigenvalue weighted by molar-refractivity contribution is 0.223. The summed E-state index contributed by atoms with van der Waals surface area (Å²) >= 11 is 0. The van der Waals surface area contributed by atoms with Gasteiger partial charge in [-0.3, -0.25) is 0 Å². The van der Waals surface area contributed by atoms with Crippen molar-refractivity contribution in [1.29, 1.82) is 0 Å². The van der Waals surface area contributed by atoms with Crippen LogP contribution in [-0.2, 0) is 6.54 Å². The second kappa shape index (κ2) is 6.71. The molecule has 1 aliphatic carbocycles. The van der Waals surface area contributed by atoms with E-state index in [1.54, 1.807) is 6.07 Å². The number of aryl methyl sites for hydroxylation is 1. The summed E-state index contributed by atoms with van der Waals surface area (Å²) in [7, 11) is 0. The Labute approximate surface area is 123 Å². The topological polar surface area (TPSA) is 12.0 Å². The molecule has 0 aromatic heterocycles. The van der Waals surface area contributed by atoms with Crippen molar-refractivity contribution in [3.8, 4) is 0 Å². The van der Waals surface area contributed by atoms with Crippen molar-refractivity contribution >= 4 is 0 Å². The lowest BCUT2D eigenvalue weighted by Crippen LogP contribution is -2.33. The van der Waals surface area contributed by atoms with Crippen molar-refractivity contribution in [3.63, 3.8) is 0 Å². The fourth-order valence-electron chi connectivity index (χ4n) is 3.74. The second-order valence-electron chi connectivity index (χ2n) is 6.98. The highest BCUT2D eigenvalue weighted by Gasteiger charge is 2.33. The summed E-state index contributed by atoms with van der Waals surface area (Å²) in [5.74, 6) is 0.621. The summed E-state index contributed by atoms with van der Waals surface area (Å²) < 4.78 is 13.3. The van der Waals surface area contributed by atoms with Gasteiger partial charge < -0.3 is 5.32 Å². The van der Waals surface area contributed by atoms with Crippen molar-refractivity contribution in [2.24, 2.45) is 11.3 Å². The molecule has 1 aromatic rings. The Morgan fingerprint density at radius 2 is 1.95 bits per heavy atom. The lowest BCUT2D eigenvalue weighted by Gasteiger charge is -2.31. The summed E-state index contributed by atoms with van der Waals surface area (Å²) in [6, 6.07) is 5.06. The highest BCUT2D eigenvalue weighted by molar-refractivity contribution is 5.26. The Kier molecular flexibility index (Phi) is 5.20. The molecule has 2 heteroatoms. The van der Waals surface area contributed by atoms with Crippen molar-refractivity contribution < 1.29 is 4.39 Å². The summed E-state index contributed by atoms with van der Waals surface area (Å²) in [5, 5.41) is 3.59. The SMILES string of the molecule is Cc1ccc(F)cc1CNCC1(CC(C)C)CCCC1. The first kappa shape index (κ1) is 15.5. The molecular weight excluding hydrogens is 249 g/mol. The number of halogens is 1. The number of rotatable bonds is 6. The molecule has 112 valence electrons. The number of nitrogens with one attached hydrogen (secondary N) is 1. The van der Waals surface area contributed by atoms with Crippen LogP contribution in [0.2, 0.25) is 0 Å². The smallest absolute Gasteiger partial charge is 0.123 e. The molecule has 2 rings (SSSR count). The largest absolute Gasteiger partial charge is 0.312 e. The average Bonchev–Trinajstić information content (AvgIpc) is 2.81. The molecule has 0 radical (unpaired) electrons. The molecule has 1 fully saturated rings. The Morgan fingerprint density at radius 3 is 2.60 bits per heavy atom. The van der Waals surface area contributed by atoms with Gasteiger partial charge in [-0.05, 0) is 60.8 Å². The number of hydrogen-bond donors (Lipinski definition) is 1. The molecule has 1 aliphatic rings. The van der Waals surface area contributed by atoms with Gasteiger partial charge in [-0.2, -0.15) is 0 Å². The minimum Gasteiger partial charge on any atom is -0.312 e. The summed E-state index contributed by atoms with van der Waals surface area (Å²) in [4.78, 5) is 0. The fourth-order valence-corrected chi connectivity index (χ4v) is 3.74. The molecule has 0 saturated heterocycles. The molecule has 0 heterocycles. The fraction of sp³-hybridized carbons (Fsp3) is 0.667. The van der Waals surface area contributed by atoms with E-state index < -0.39 is 0 Å². The zero-order valence-electron chi connectivity index (χ0n) is 13.1. The van der Waals surface area contributed by atoms with Crippen LogP contribution < -0.4 is 5.32 Å². The van der Waals surface area contributed by atoms with E-state index in [1.165, 1.54) is 43.7 Å². The predicted molar refractivity (Wildman–Crippen MR) is 83.2 cm³/mol. The minimum absolute atomic E-state index is 0.134. The van der Waals surface area contributed by atoms with Crippen LogP contribution in [0.15, 0.2) is 18.2 Å². The number of hydrogen-bond acceptors (Lipinski definition) is 1. The summed E-state index contributed by atoms with van der Waals surface area (Å²) in [5.41, 5.74) is 2.74. The molecule has 20 heavy (non-hydrogen) atoms. The number of benzene rings is 1. The van der Waals surface area contributed by atoms with Gasteiger partial charge in [0.15, 0.2) is 0 Å². The van der Waals surface area contributed by atoms with E-state index in [1.807, 2.05) is 6.07 Å². The third-order valence-corrected chi connectivity index (χ3v) is 4.63. The van der Waals surface area contributed by atoms with Gasteiger partial charge in [0.2, 0.25) is 0 Å². The van der Waals surface area contributed by atoms with Crippen LogP contribution in [-0.4, -0.2) is 6.54 Å². The van der Waals surface area contributed by atoms with E-state index in [4.69, 9.17) is 0 Å². The highest BCUT2D eigenvalue weighted by Crippen LogP contribution is 2.42. The minimum atomic E-state index is -0.134. The first-order valence-corrected chi connectivity index (χ1v) is 7.96. The Hall–Kier alpha value is -0.890. The van der Waals surface area contributed by atoms with E-state index >= 15 is 0 Å². The molecule has 0 atom stereocenters. The molecule has 0 spiro atoms. The van der Waals surface area contributed by atoms with Gasteiger partial charge in [0.1, 0.15) is 5.82 Å². The standard InChI is InChI=1S/C18H28FN/c1-14(2)11-18(8-4-5-9-18)13-20-12-16-10-17(19)7-6-15(16)3/h6-7,10,14,20H,4-5,8-9,11-13H2,1-3H3. The van der Waals surface area contributed by atoms with Crippen LogP contribution in [0, 0.1) is 24.1 Å². The van der Waals surface area contributed by atoms with Crippen molar-refractivity contribution in [1.82, 2.24) is 5.32 Å². The maximum Gasteiger partial charge on any atom is 0.123 e. The monoisotopic (exact) mass is 277 g/mol. The van der Waals surface area contributed by atoms with Gasteiger partial charge in [0, 0.05) is 13.1 Å². The summed E-state index contributed by atoms with van der Waals surface area (Å²) in [6.07, 6.45) is 6.74. The van der Waals surface area contributed by atoms with Crippen LogP contribution in [0.3, 0.4) is 0 Å². The summed E-state index contributed by atoms with van der Waals surface area (Å²) in [6.45, 7) is 8.54. The molecule has 1 N–H and O–H groups in total. The third-order valence-electron chi connectivity index (χ3n) is 4.63. The maximum atomic E-state index is 13.3. The highest BCUT2D eigenvalue weighted by atomic mass is 19.1. The van der Waals surface area contributed by atoms with E-state index in [0.29, 0.717) is 5.41 Å². The van der Waals surface area contributed by atoms with Crippen LogP contribution in [0.5, 0.6) is 0 Å². The normalized spacial score (nSPS) is 17.9. The average molecular weight is 277 g/mol. The molecule has 0 unspecified atom stereocenters. The molecular formula is C18H28FN. The molecule has 1 aromatic carbocycles. The third kappa shape index (κ3) is 4.05. The van der Waals surface area contributed by atoms with E-state index in [2.05, 4.69) is 26.1 Å².